The molecule has 0 saturated heterocycles. The molecule has 7 heteroatoms. The normalized spacial score (nSPS) is 11.6. The van der Waals surface area contributed by atoms with Crippen LogP contribution >= 0.6 is 0 Å². The Hall–Kier alpha value is -2.18. The third-order valence-corrected chi connectivity index (χ3v) is 2.24. The van der Waals surface area contributed by atoms with E-state index in [4.69, 9.17) is 0 Å². The summed E-state index contributed by atoms with van der Waals surface area (Å²) in [6.45, 7) is 1.67. The molecule has 0 saturated carbocycles. The minimum atomic E-state index is -4.72. The van der Waals surface area contributed by atoms with E-state index < -0.39 is 6.36 Å². The molecule has 2 aromatic rings. The molecule has 2 rings (SSSR count). The smallest absolute Gasteiger partial charge is 0.493 e. The predicted molar refractivity (Wildman–Crippen MR) is 56.6 cm³/mol. The fourth-order valence-corrected chi connectivity index (χ4v) is 1.40. The quantitative estimate of drug-likeness (QED) is 0.901. The maximum atomic E-state index is 12.0. The summed E-state index contributed by atoms with van der Waals surface area (Å²) in [5.41, 5.74) is 1.01. The van der Waals surface area contributed by atoms with Crippen LogP contribution in [-0.2, 0) is 0 Å². The molecule has 0 fully saturated rings. The average Bonchev–Trinajstić information content (AvgIpc) is 2.59. The molecule has 0 bridgehead atoms. The zero-order chi connectivity index (χ0) is 13.3. The average molecular weight is 258 g/mol. The lowest BCUT2D eigenvalue weighted by molar-refractivity contribution is -0.274. The molecule has 0 radical (unpaired) electrons. The summed E-state index contributed by atoms with van der Waals surface area (Å²) in [6.07, 6.45) is -3.26. The van der Waals surface area contributed by atoms with Gasteiger partial charge in [0.25, 0.3) is 0 Å². The summed E-state index contributed by atoms with van der Waals surface area (Å²) < 4.78 is 40.8. The van der Waals surface area contributed by atoms with Crippen LogP contribution in [0.5, 0.6) is 11.6 Å². The molecule has 0 spiro atoms. The van der Waals surface area contributed by atoms with Crippen molar-refractivity contribution >= 4 is 0 Å². The lowest BCUT2D eigenvalue weighted by atomic mass is 10.3. The van der Waals surface area contributed by atoms with Crippen LogP contribution in [0.4, 0.5) is 13.2 Å². The minimum Gasteiger partial charge on any atom is -0.493 e. The number of rotatable bonds is 2. The van der Waals surface area contributed by atoms with Gasteiger partial charge >= 0.3 is 6.36 Å². The fourth-order valence-electron chi connectivity index (χ4n) is 1.40. The molecule has 0 unspecified atom stereocenters. The van der Waals surface area contributed by atoms with Crippen LogP contribution in [-0.4, -0.2) is 21.2 Å². The van der Waals surface area contributed by atoms with Crippen LogP contribution in [0, 0.1) is 6.92 Å². The van der Waals surface area contributed by atoms with Gasteiger partial charge in [0.15, 0.2) is 0 Å². The molecule has 0 aliphatic rings. The van der Waals surface area contributed by atoms with Gasteiger partial charge in [-0.05, 0) is 31.2 Å². The van der Waals surface area contributed by atoms with E-state index in [-0.39, 0.29) is 11.6 Å². The van der Waals surface area contributed by atoms with Gasteiger partial charge in [-0.2, -0.15) is 5.10 Å². The molecule has 0 aliphatic heterocycles. The van der Waals surface area contributed by atoms with E-state index in [2.05, 4.69) is 9.84 Å². The topological polar surface area (TPSA) is 47.3 Å². The molecule has 1 heterocycles. The van der Waals surface area contributed by atoms with Crippen molar-refractivity contribution in [3.63, 3.8) is 0 Å². The highest BCUT2D eigenvalue weighted by molar-refractivity contribution is 5.40. The summed E-state index contributed by atoms with van der Waals surface area (Å²) in [6, 6.07) is 5.04. The highest BCUT2D eigenvalue weighted by Gasteiger charge is 2.30. The van der Waals surface area contributed by atoms with Gasteiger partial charge in [-0.1, -0.05) is 0 Å². The molecular formula is C11H9F3N2O2. The van der Waals surface area contributed by atoms with E-state index >= 15 is 0 Å². The number of aromatic nitrogens is 2. The first-order chi connectivity index (χ1) is 8.37. The third-order valence-electron chi connectivity index (χ3n) is 2.24. The summed E-state index contributed by atoms with van der Waals surface area (Å²) in [5, 5.41) is 13.5. The van der Waals surface area contributed by atoms with Crippen LogP contribution in [0.2, 0.25) is 0 Å². The Balaban J connectivity index is 2.25. The SMILES string of the molecule is Cc1cnn(-c2ccc(OC(F)(F)F)cc2)c1O. The maximum absolute atomic E-state index is 12.0. The number of aromatic hydroxyl groups is 1. The Morgan fingerprint density at radius 1 is 1.22 bits per heavy atom. The van der Waals surface area contributed by atoms with Crippen molar-refractivity contribution in [1.29, 1.82) is 0 Å². The first-order valence-electron chi connectivity index (χ1n) is 4.96. The number of benzene rings is 1. The monoisotopic (exact) mass is 258 g/mol. The van der Waals surface area contributed by atoms with Crippen molar-refractivity contribution in [1.82, 2.24) is 9.78 Å². The summed E-state index contributed by atoms with van der Waals surface area (Å²) >= 11 is 0. The second-order valence-corrected chi connectivity index (χ2v) is 3.60. The third kappa shape index (κ3) is 2.55. The van der Waals surface area contributed by atoms with Gasteiger partial charge < -0.3 is 9.84 Å². The molecule has 0 atom stereocenters. The van der Waals surface area contributed by atoms with Gasteiger partial charge in [-0.3, -0.25) is 0 Å². The van der Waals surface area contributed by atoms with Gasteiger partial charge in [0.1, 0.15) is 5.75 Å². The number of halogens is 3. The molecule has 4 nitrogen and oxygen atoms in total. The predicted octanol–water partition coefficient (Wildman–Crippen LogP) is 2.78. The van der Waals surface area contributed by atoms with E-state index in [0.717, 1.165) is 12.1 Å². The highest BCUT2D eigenvalue weighted by Crippen LogP contribution is 2.25. The number of aryl methyl sites for hydroxylation is 1. The van der Waals surface area contributed by atoms with Crippen molar-refractivity contribution < 1.29 is 23.0 Å². The Morgan fingerprint density at radius 3 is 2.28 bits per heavy atom. The Kier molecular flexibility index (Phi) is 2.90. The summed E-state index contributed by atoms with van der Waals surface area (Å²) in [7, 11) is 0. The standard InChI is InChI=1S/C11H9F3N2O2/c1-7-6-15-16(10(7)17)8-2-4-9(5-3-8)18-11(12,13)14/h2-6,17H,1H3. The molecule has 1 N–H and O–H groups in total. The van der Waals surface area contributed by atoms with Crippen LogP contribution in [0.1, 0.15) is 5.56 Å². The van der Waals surface area contributed by atoms with Crippen molar-refractivity contribution in [2.24, 2.45) is 0 Å². The lowest BCUT2D eigenvalue weighted by Crippen LogP contribution is -2.17. The summed E-state index contributed by atoms with van der Waals surface area (Å²) in [5.74, 6) is -0.380. The van der Waals surface area contributed by atoms with Gasteiger partial charge in [-0.15, -0.1) is 13.2 Å². The lowest BCUT2D eigenvalue weighted by Gasteiger charge is -2.09. The van der Waals surface area contributed by atoms with E-state index in [1.807, 2.05) is 0 Å². The first kappa shape index (κ1) is 12.3. The molecular weight excluding hydrogens is 249 g/mol. The van der Waals surface area contributed by atoms with Crippen molar-refractivity contribution in [2.75, 3.05) is 0 Å². The second kappa shape index (κ2) is 4.25. The van der Waals surface area contributed by atoms with Crippen LogP contribution in [0.3, 0.4) is 0 Å². The van der Waals surface area contributed by atoms with Gasteiger partial charge in [0, 0.05) is 5.56 Å². The van der Waals surface area contributed by atoms with Crippen molar-refractivity contribution in [3.05, 3.63) is 36.0 Å². The molecule has 1 aromatic carbocycles. The second-order valence-electron chi connectivity index (χ2n) is 3.60. The van der Waals surface area contributed by atoms with Crippen molar-refractivity contribution in [3.8, 4) is 17.3 Å². The van der Waals surface area contributed by atoms with E-state index in [0.29, 0.717) is 11.3 Å². The van der Waals surface area contributed by atoms with Crippen LogP contribution in [0.15, 0.2) is 30.5 Å². The zero-order valence-corrected chi connectivity index (χ0v) is 9.27. The number of hydrogen-bond acceptors (Lipinski definition) is 3. The van der Waals surface area contributed by atoms with Crippen LogP contribution in [0.25, 0.3) is 5.69 Å². The number of hydrogen-bond donors (Lipinski definition) is 1. The highest BCUT2D eigenvalue weighted by atomic mass is 19.4. The first-order valence-corrected chi connectivity index (χ1v) is 4.96. The molecule has 0 aliphatic carbocycles. The number of ether oxygens (including phenoxy) is 1. The Bertz CT molecular complexity index is 546. The van der Waals surface area contributed by atoms with E-state index in [1.54, 1.807) is 6.92 Å². The molecule has 96 valence electrons. The van der Waals surface area contributed by atoms with E-state index in [1.165, 1.54) is 23.0 Å². The van der Waals surface area contributed by atoms with E-state index in [9.17, 15) is 18.3 Å². The van der Waals surface area contributed by atoms with Crippen LogP contribution < -0.4 is 4.74 Å². The minimum absolute atomic E-state index is 0.0560. The fraction of sp³-hybridized carbons (Fsp3) is 0.182. The summed E-state index contributed by atoms with van der Waals surface area (Å²) in [4.78, 5) is 0. The molecule has 0 amide bonds. The van der Waals surface area contributed by atoms with Crippen molar-refractivity contribution in [2.45, 2.75) is 13.3 Å². The van der Waals surface area contributed by atoms with Gasteiger partial charge in [-0.25, -0.2) is 4.68 Å². The number of alkyl halides is 3. The van der Waals surface area contributed by atoms with Gasteiger partial charge in [0.2, 0.25) is 5.88 Å². The number of nitrogens with zero attached hydrogens (tertiary/aromatic N) is 2. The van der Waals surface area contributed by atoms with Gasteiger partial charge in [0.05, 0.1) is 11.9 Å². The Morgan fingerprint density at radius 2 is 1.83 bits per heavy atom. The molecule has 18 heavy (non-hydrogen) atoms. The largest absolute Gasteiger partial charge is 0.573 e. The maximum Gasteiger partial charge on any atom is 0.573 e. The Labute approximate surface area is 100 Å². The zero-order valence-electron chi connectivity index (χ0n) is 9.27. The molecule has 1 aromatic heterocycles.